The van der Waals surface area contributed by atoms with Gasteiger partial charge in [-0.3, -0.25) is 4.90 Å². The summed E-state index contributed by atoms with van der Waals surface area (Å²) >= 11 is 0. The van der Waals surface area contributed by atoms with Crippen LogP contribution in [0.1, 0.15) is 17.0 Å². The van der Waals surface area contributed by atoms with E-state index in [1.165, 1.54) is 11.1 Å². The van der Waals surface area contributed by atoms with Crippen LogP contribution in [0.25, 0.3) is 11.4 Å². The number of hydrogen-bond donors (Lipinski definition) is 3. The van der Waals surface area contributed by atoms with E-state index in [9.17, 15) is 10.2 Å². The van der Waals surface area contributed by atoms with E-state index in [1.807, 2.05) is 30.3 Å². The van der Waals surface area contributed by atoms with E-state index in [2.05, 4.69) is 49.8 Å². The van der Waals surface area contributed by atoms with Gasteiger partial charge in [0, 0.05) is 37.2 Å². The van der Waals surface area contributed by atoms with Gasteiger partial charge in [0.25, 0.3) is 0 Å². The molecule has 2 aliphatic rings. The summed E-state index contributed by atoms with van der Waals surface area (Å²) in [5.41, 5.74) is 3.07. The van der Waals surface area contributed by atoms with Crippen molar-refractivity contribution in [2.75, 3.05) is 19.7 Å². The third-order valence-corrected chi connectivity index (χ3v) is 6.43. The molecule has 0 radical (unpaired) electrons. The van der Waals surface area contributed by atoms with Crippen LogP contribution in [0.15, 0.2) is 54.6 Å². The van der Waals surface area contributed by atoms with Crippen LogP contribution in [0, 0.1) is 11.3 Å². The van der Waals surface area contributed by atoms with E-state index in [0.717, 1.165) is 18.7 Å². The zero-order chi connectivity index (χ0) is 19.1. The lowest BCUT2D eigenvalue weighted by atomic mass is 9.95. The second-order valence-electron chi connectivity index (χ2n) is 7.91. The first-order valence-corrected chi connectivity index (χ1v) is 9.61. The third-order valence-electron chi connectivity index (χ3n) is 6.43. The van der Waals surface area contributed by atoms with Crippen LogP contribution in [0.3, 0.4) is 0 Å². The van der Waals surface area contributed by atoms with Crippen LogP contribution in [0.2, 0.25) is 0 Å². The highest BCUT2D eigenvalue weighted by atomic mass is 16.3. The largest absolute Gasteiger partial charge is 0.396 e. The minimum atomic E-state index is -0.423. The summed E-state index contributed by atoms with van der Waals surface area (Å²) in [5.74, 6) is 0.923. The molecule has 2 fully saturated rings. The molecule has 4 atom stereocenters. The molecule has 0 amide bonds. The fourth-order valence-corrected chi connectivity index (χ4v) is 5.08. The topological polar surface area (TPSA) is 98.2 Å². The summed E-state index contributed by atoms with van der Waals surface area (Å²) in [6.45, 7) is 2.31. The van der Waals surface area contributed by atoms with Crippen molar-refractivity contribution in [2.24, 2.45) is 11.3 Å². The molecule has 1 spiro atoms. The molecule has 7 heteroatoms. The maximum atomic E-state index is 10.9. The lowest BCUT2D eigenvalue weighted by Gasteiger charge is -2.16. The minimum absolute atomic E-state index is 0.115. The van der Waals surface area contributed by atoms with E-state index in [0.29, 0.717) is 12.4 Å². The average molecular weight is 377 g/mol. The van der Waals surface area contributed by atoms with Gasteiger partial charge in [0.15, 0.2) is 0 Å². The van der Waals surface area contributed by atoms with Crippen LogP contribution in [-0.4, -0.2) is 61.5 Å². The first kappa shape index (κ1) is 17.5. The molecule has 5 rings (SSSR count). The van der Waals surface area contributed by atoms with Gasteiger partial charge in [-0.2, -0.15) is 5.21 Å². The van der Waals surface area contributed by atoms with Crippen molar-refractivity contribution >= 4 is 0 Å². The highest BCUT2D eigenvalue weighted by molar-refractivity contribution is 5.54. The van der Waals surface area contributed by atoms with Crippen molar-refractivity contribution in [3.63, 3.8) is 0 Å². The Balaban J connectivity index is 1.31. The minimum Gasteiger partial charge on any atom is -0.396 e. The van der Waals surface area contributed by atoms with Crippen LogP contribution in [0.5, 0.6) is 0 Å². The molecule has 28 heavy (non-hydrogen) atoms. The molecule has 3 N–H and O–H groups in total. The molecule has 1 aliphatic carbocycles. The van der Waals surface area contributed by atoms with E-state index in [4.69, 9.17) is 0 Å². The summed E-state index contributed by atoms with van der Waals surface area (Å²) in [4.78, 5) is 2.29. The van der Waals surface area contributed by atoms with Crippen molar-refractivity contribution in [3.8, 4) is 11.4 Å². The van der Waals surface area contributed by atoms with Crippen LogP contribution >= 0.6 is 0 Å². The number of aromatic amines is 1. The normalized spacial score (nSPS) is 29.4. The number of H-pyrrole nitrogens is 1. The van der Waals surface area contributed by atoms with Gasteiger partial charge < -0.3 is 10.2 Å². The lowest BCUT2D eigenvalue weighted by molar-refractivity contribution is 0.111. The monoisotopic (exact) mass is 377 g/mol. The molecule has 1 saturated carbocycles. The number of aliphatic hydroxyl groups is 2. The van der Waals surface area contributed by atoms with Crippen molar-refractivity contribution < 1.29 is 10.2 Å². The highest BCUT2D eigenvalue weighted by Crippen LogP contribution is 2.68. The Morgan fingerprint density at radius 3 is 2.57 bits per heavy atom. The summed E-state index contributed by atoms with van der Waals surface area (Å²) < 4.78 is 0. The smallest absolute Gasteiger partial charge is 0.204 e. The van der Waals surface area contributed by atoms with E-state index in [-0.39, 0.29) is 23.9 Å². The van der Waals surface area contributed by atoms with E-state index >= 15 is 0 Å². The third kappa shape index (κ3) is 2.74. The number of β-amino-alcohol motifs (C(OH)–C–C–N with tert-alkyl or cyclic N) is 1. The van der Waals surface area contributed by atoms with Gasteiger partial charge in [0.2, 0.25) is 5.82 Å². The van der Waals surface area contributed by atoms with Crippen LogP contribution in [0.4, 0.5) is 0 Å². The second-order valence-corrected chi connectivity index (χ2v) is 7.91. The summed E-state index contributed by atoms with van der Waals surface area (Å²) in [6, 6.07) is 18.4. The predicted molar refractivity (Wildman–Crippen MR) is 103 cm³/mol. The molecule has 1 saturated heterocycles. The molecule has 1 aromatic heterocycles. The van der Waals surface area contributed by atoms with Gasteiger partial charge in [-0.05, 0) is 28.2 Å². The highest BCUT2D eigenvalue weighted by Gasteiger charge is 2.70. The Kier molecular flexibility index (Phi) is 4.23. The van der Waals surface area contributed by atoms with Crippen molar-refractivity contribution in [2.45, 2.75) is 18.6 Å². The summed E-state index contributed by atoms with van der Waals surface area (Å²) in [6.07, 6.45) is -0.423. The number of aliphatic hydroxyl groups excluding tert-OH is 2. The first-order valence-electron chi connectivity index (χ1n) is 9.61. The maximum absolute atomic E-state index is 10.9. The summed E-state index contributed by atoms with van der Waals surface area (Å²) in [5, 5.41) is 34.9. The Labute approximate surface area is 163 Å². The molecule has 1 aliphatic heterocycles. The van der Waals surface area contributed by atoms with E-state index in [1.54, 1.807) is 0 Å². The van der Waals surface area contributed by atoms with Crippen molar-refractivity contribution in [1.82, 2.24) is 25.5 Å². The Morgan fingerprint density at radius 1 is 1.11 bits per heavy atom. The number of likely N-dealkylation sites (tertiary alicyclic amines) is 1. The number of nitrogens with zero attached hydrogens (tertiary/aromatic N) is 4. The standard InChI is InChI=1S/C21H23N5O2/c27-12-17-19(15-4-2-1-3-5-15)21(17)13-26(11-18(21)28)10-14-6-8-16(9-7-14)20-22-24-25-23-20/h1-9,17-19,27-28H,10-13H2,(H,22,23,24,25)/t17-,18-,19-,21-/m1/s1. The number of tetrazole rings is 1. The molecular weight excluding hydrogens is 354 g/mol. The van der Waals surface area contributed by atoms with Gasteiger partial charge in [0.1, 0.15) is 0 Å². The number of rotatable bonds is 5. The Morgan fingerprint density at radius 2 is 1.89 bits per heavy atom. The zero-order valence-electron chi connectivity index (χ0n) is 15.4. The van der Waals surface area contributed by atoms with Crippen LogP contribution < -0.4 is 0 Å². The molecule has 2 aromatic carbocycles. The maximum Gasteiger partial charge on any atom is 0.204 e. The lowest BCUT2D eigenvalue weighted by Crippen LogP contribution is -2.23. The molecule has 0 unspecified atom stereocenters. The SMILES string of the molecule is OC[C@@H]1[C@@H](c2ccccc2)[C@]12CN(Cc1ccc(-c3nn[nH]n3)cc1)C[C@H]2O. The molecule has 7 nitrogen and oxygen atoms in total. The predicted octanol–water partition coefficient (Wildman–Crippen LogP) is 1.44. The first-order chi connectivity index (χ1) is 13.7. The van der Waals surface area contributed by atoms with Gasteiger partial charge in [-0.15, -0.1) is 10.2 Å². The number of aromatic nitrogens is 4. The van der Waals surface area contributed by atoms with Crippen molar-refractivity contribution in [3.05, 3.63) is 65.7 Å². The molecule has 2 heterocycles. The van der Waals surface area contributed by atoms with Crippen molar-refractivity contribution in [1.29, 1.82) is 0 Å². The molecule has 3 aromatic rings. The van der Waals surface area contributed by atoms with Gasteiger partial charge in [-0.1, -0.05) is 54.6 Å². The Hall–Kier alpha value is -2.61. The average Bonchev–Trinajstić information content (AvgIpc) is 3.01. The molecule has 144 valence electrons. The Bertz CT molecular complexity index is 931. The quantitative estimate of drug-likeness (QED) is 0.622. The van der Waals surface area contributed by atoms with Gasteiger partial charge >= 0.3 is 0 Å². The second kappa shape index (κ2) is 6.77. The zero-order valence-corrected chi connectivity index (χ0v) is 15.4. The van der Waals surface area contributed by atoms with E-state index < -0.39 is 6.10 Å². The summed E-state index contributed by atoms with van der Waals surface area (Å²) in [7, 11) is 0. The fraction of sp³-hybridized carbons (Fsp3) is 0.381. The molecule has 0 bridgehead atoms. The van der Waals surface area contributed by atoms with Gasteiger partial charge in [0.05, 0.1) is 6.10 Å². The number of hydrogen-bond acceptors (Lipinski definition) is 6. The molecular formula is C21H23N5O2. The van der Waals surface area contributed by atoms with Crippen LogP contribution in [-0.2, 0) is 6.54 Å². The fourth-order valence-electron chi connectivity index (χ4n) is 5.08. The number of nitrogens with one attached hydrogen (secondary N) is 1. The number of benzene rings is 2. The van der Waals surface area contributed by atoms with Gasteiger partial charge in [-0.25, -0.2) is 0 Å².